The molecule has 3 nitrogen and oxygen atoms in total. The van der Waals surface area contributed by atoms with Crippen LogP contribution in [0, 0.1) is 0 Å². The van der Waals surface area contributed by atoms with Gasteiger partial charge in [0.25, 0.3) is 0 Å². The van der Waals surface area contributed by atoms with Gasteiger partial charge in [-0.3, -0.25) is 0 Å². The van der Waals surface area contributed by atoms with Crippen molar-refractivity contribution >= 4 is 5.97 Å². The van der Waals surface area contributed by atoms with Crippen LogP contribution >= 0.6 is 0 Å². The van der Waals surface area contributed by atoms with E-state index in [-0.39, 0.29) is 5.97 Å². The van der Waals surface area contributed by atoms with Crippen molar-refractivity contribution in [2.24, 2.45) is 0 Å². The van der Waals surface area contributed by atoms with E-state index in [9.17, 15) is 4.79 Å². The molecule has 0 bridgehead atoms. The zero-order valence-electron chi connectivity index (χ0n) is 6.01. The Hall–Kier alpha value is -0.570. The Kier molecular flexibility index (Phi) is 4.05. The van der Waals surface area contributed by atoms with Gasteiger partial charge < -0.3 is 9.47 Å². The molecule has 0 fully saturated rings. The standard InChI is InChI=1S/C6H12O3/c1-4-9-5(2)6(7)8-3/h5H,4H2,1-3H3. The molecule has 0 heterocycles. The zero-order chi connectivity index (χ0) is 7.28. The van der Waals surface area contributed by atoms with E-state index in [0.717, 1.165) is 0 Å². The number of esters is 1. The third kappa shape index (κ3) is 3.08. The minimum Gasteiger partial charge on any atom is -0.467 e. The summed E-state index contributed by atoms with van der Waals surface area (Å²) in [6, 6.07) is 0. The smallest absolute Gasteiger partial charge is 0.334 e. The van der Waals surface area contributed by atoms with Crippen LogP contribution in [0.4, 0.5) is 0 Å². The van der Waals surface area contributed by atoms with Crippen molar-refractivity contribution in [3.8, 4) is 0 Å². The van der Waals surface area contributed by atoms with Crippen LogP contribution < -0.4 is 0 Å². The van der Waals surface area contributed by atoms with Crippen LogP contribution in [0.15, 0.2) is 0 Å². The fourth-order valence-corrected chi connectivity index (χ4v) is 0.484. The second-order valence-corrected chi connectivity index (χ2v) is 1.62. The Morgan fingerprint density at radius 3 is 2.56 bits per heavy atom. The van der Waals surface area contributed by atoms with E-state index in [2.05, 4.69) is 4.74 Å². The van der Waals surface area contributed by atoms with Crippen LogP contribution in [0.1, 0.15) is 13.8 Å². The number of hydrogen-bond donors (Lipinski definition) is 0. The maximum Gasteiger partial charge on any atom is 0.334 e. The maximum atomic E-state index is 10.6. The first-order valence-electron chi connectivity index (χ1n) is 2.91. The van der Waals surface area contributed by atoms with Gasteiger partial charge in [-0.1, -0.05) is 0 Å². The first-order chi connectivity index (χ1) is 4.22. The molecule has 0 aliphatic heterocycles. The van der Waals surface area contributed by atoms with Crippen molar-refractivity contribution in [1.29, 1.82) is 0 Å². The Bertz CT molecular complexity index is 90.3. The lowest BCUT2D eigenvalue weighted by molar-refractivity contribution is -0.152. The summed E-state index contributed by atoms with van der Waals surface area (Å²) in [5, 5.41) is 0. The van der Waals surface area contributed by atoms with Crippen LogP contribution in [-0.2, 0) is 14.3 Å². The van der Waals surface area contributed by atoms with E-state index < -0.39 is 6.10 Å². The lowest BCUT2D eigenvalue weighted by Crippen LogP contribution is -2.21. The molecule has 54 valence electrons. The summed E-state index contributed by atoms with van der Waals surface area (Å²) < 4.78 is 9.32. The Morgan fingerprint density at radius 2 is 2.22 bits per heavy atom. The molecule has 0 rings (SSSR count). The van der Waals surface area contributed by atoms with Crippen LogP contribution in [0.2, 0.25) is 0 Å². The molecule has 0 aromatic carbocycles. The summed E-state index contributed by atoms with van der Waals surface area (Å²) in [7, 11) is 1.35. The molecule has 0 saturated heterocycles. The largest absolute Gasteiger partial charge is 0.467 e. The highest BCUT2D eigenvalue weighted by Crippen LogP contribution is 1.91. The van der Waals surface area contributed by atoms with Crippen LogP contribution in [0.3, 0.4) is 0 Å². The van der Waals surface area contributed by atoms with E-state index in [1.807, 2.05) is 6.92 Å². The fraction of sp³-hybridized carbons (Fsp3) is 0.833. The van der Waals surface area contributed by atoms with Crippen LogP contribution in [-0.4, -0.2) is 25.8 Å². The van der Waals surface area contributed by atoms with Gasteiger partial charge in [0.1, 0.15) is 0 Å². The second-order valence-electron chi connectivity index (χ2n) is 1.62. The molecule has 0 saturated carbocycles. The van der Waals surface area contributed by atoms with Crippen molar-refractivity contribution < 1.29 is 14.3 Å². The average Bonchev–Trinajstić information content (AvgIpc) is 1.87. The first-order valence-corrected chi connectivity index (χ1v) is 2.91. The van der Waals surface area contributed by atoms with Crippen molar-refractivity contribution in [2.45, 2.75) is 20.0 Å². The van der Waals surface area contributed by atoms with Crippen molar-refractivity contribution in [3.05, 3.63) is 0 Å². The summed E-state index contributed by atoms with van der Waals surface area (Å²) in [5.41, 5.74) is 0. The fourth-order valence-electron chi connectivity index (χ4n) is 0.484. The third-order valence-corrected chi connectivity index (χ3v) is 0.950. The Labute approximate surface area is 55.0 Å². The second kappa shape index (κ2) is 4.32. The van der Waals surface area contributed by atoms with Crippen LogP contribution in [0.5, 0.6) is 0 Å². The van der Waals surface area contributed by atoms with Crippen molar-refractivity contribution in [2.75, 3.05) is 13.7 Å². The van der Waals surface area contributed by atoms with Crippen molar-refractivity contribution in [3.63, 3.8) is 0 Å². The highest BCUT2D eigenvalue weighted by Gasteiger charge is 2.10. The zero-order valence-corrected chi connectivity index (χ0v) is 6.01. The number of hydrogen-bond acceptors (Lipinski definition) is 3. The minimum atomic E-state index is -0.431. The lowest BCUT2D eigenvalue weighted by atomic mass is 10.4. The lowest BCUT2D eigenvalue weighted by Gasteiger charge is -2.07. The summed E-state index contributed by atoms with van der Waals surface area (Å²) in [6.07, 6.45) is -0.431. The van der Waals surface area contributed by atoms with Gasteiger partial charge in [0.2, 0.25) is 0 Å². The molecule has 0 aromatic heterocycles. The molecule has 1 atom stereocenters. The first kappa shape index (κ1) is 8.43. The van der Waals surface area contributed by atoms with E-state index in [1.165, 1.54) is 7.11 Å². The van der Waals surface area contributed by atoms with E-state index in [4.69, 9.17) is 4.74 Å². The third-order valence-electron chi connectivity index (χ3n) is 0.950. The SMILES string of the molecule is CCOC(C)C(=O)OC. The highest BCUT2D eigenvalue weighted by molar-refractivity contribution is 5.73. The van der Waals surface area contributed by atoms with Gasteiger partial charge >= 0.3 is 5.97 Å². The number of carbonyl (C=O) groups is 1. The van der Waals surface area contributed by atoms with E-state index in [1.54, 1.807) is 6.92 Å². The highest BCUT2D eigenvalue weighted by atomic mass is 16.6. The topological polar surface area (TPSA) is 35.5 Å². The summed E-state index contributed by atoms with van der Waals surface area (Å²) in [5.74, 6) is -0.322. The molecule has 0 spiro atoms. The minimum absolute atomic E-state index is 0.322. The maximum absolute atomic E-state index is 10.6. The molecule has 3 heteroatoms. The molecule has 9 heavy (non-hydrogen) atoms. The molecular formula is C6H12O3. The van der Waals surface area contributed by atoms with Gasteiger partial charge in [-0.25, -0.2) is 4.79 Å². The van der Waals surface area contributed by atoms with Gasteiger partial charge in [0, 0.05) is 6.61 Å². The number of methoxy groups -OCH3 is 1. The van der Waals surface area contributed by atoms with Gasteiger partial charge in [-0.05, 0) is 13.8 Å². The quantitative estimate of drug-likeness (QED) is 0.527. The average molecular weight is 132 g/mol. The van der Waals surface area contributed by atoms with Gasteiger partial charge in [0.15, 0.2) is 6.10 Å². The Morgan fingerprint density at radius 1 is 1.67 bits per heavy atom. The van der Waals surface area contributed by atoms with Gasteiger partial charge in [-0.2, -0.15) is 0 Å². The molecule has 0 aromatic rings. The number of ether oxygens (including phenoxy) is 2. The normalized spacial score (nSPS) is 12.8. The number of rotatable bonds is 3. The number of carbonyl (C=O) groups excluding carboxylic acids is 1. The van der Waals surface area contributed by atoms with Gasteiger partial charge in [0.05, 0.1) is 7.11 Å². The monoisotopic (exact) mass is 132 g/mol. The van der Waals surface area contributed by atoms with Crippen molar-refractivity contribution in [1.82, 2.24) is 0 Å². The molecule has 0 N–H and O–H groups in total. The summed E-state index contributed by atoms with van der Waals surface area (Å²) >= 11 is 0. The van der Waals surface area contributed by atoms with Crippen LogP contribution in [0.25, 0.3) is 0 Å². The molecule has 1 unspecified atom stereocenters. The van der Waals surface area contributed by atoms with E-state index >= 15 is 0 Å². The molecule has 0 aliphatic rings. The van der Waals surface area contributed by atoms with Gasteiger partial charge in [-0.15, -0.1) is 0 Å². The summed E-state index contributed by atoms with van der Waals surface area (Å²) in [4.78, 5) is 10.6. The Balaban J connectivity index is 3.45. The predicted octanol–water partition coefficient (Wildman–Crippen LogP) is 0.584. The molecule has 0 radical (unpaired) electrons. The molecule has 0 aliphatic carbocycles. The summed E-state index contributed by atoms with van der Waals surface area (Å²) in [6.45, 7) is 4.03. The van der Waals surface area contributed by atoms with E-state index in [0.29, 0.717) is 6.61 Å². The molecule has 0 amide bonds. The predicted molar refractivity (Wildman–Crippen MR) is 33.1 cm³/mol. The molecular weight excluding hydrogens is 120 g/mol.